The molecule has 0 aliphatic heterocycles. The molecule has 1 aromatic carbocycles. The largest absolute Gasteiger partial charge is 0.356 e. The van der Waals surface area contributed by atoms with Crippen molar-refractivity contribution in [2.75, 3.05) is 7.05 Å². The van der Waals surface area contributed by atoms with Crippen molar-refractivity contribution in [3.8, 4) is 0 Å². The monoisotopic (exact) mass is 343 g/mol. The van der Waals surface area contributed by atoms with E-state index in [4.69, 9.17) is 4.52 Å². The number of aromatic nitrogens is 2. The smallest absolute Gasteiger partial charge is 0.229 e. The molecule has 0 N–H and O–H groups in total. The molecule has 0 radical (unpaired) electrons. The Labute approximate surface area is 145 Å². The summed E-state index contributed by atoms with van der Waals surface area (Å²) in [5.74, 6) is 0.0207. The van der Waals surface area contributed by atoms with Crippen LogP contribution in [0.1, 0.15) is 41.2 Å². The van der Waals surface area contributed by atoms with Crippen molar-refractivity contribution in [2.24, 2.45) is 0 Å². The van der Waals surface area contributed by atoms with Gasteiger partial charge in [0.1, 0.15) is 5.69 Å². The van der Waals surface area contributed by atoms with Crippen molar-refractivity contribution in [1.82, 2.24) is 15.0 Å². The highest BCUT2D eigenvalue weighted by molar-refractivity contribution is 7.11. The maximum absolute atomic E-state index is 12.7. The molecule has 0 aliphatic carbocycles. The minimum atomic E-state index is -0.00605. The van der Waals surface area contributed by atoms with E-state index >= 15 is 0 Å². The molecule has 1 unspecified atom stereocenters. The third kappa shape index (κ3) is 3.06. The average molecular weight is 343 g/mol. The van der Waals surface area contributed by atoms with Crippen LogP contribution in [0.4, 0.5) is 0 Å². The zero-order chi connectivity index (χ0) is 17.3. The van der Waals surface area contributed by atoms with Crippen molar-refractivity contribution >= 4 is 28.2 Å². The molecule has 1 amide bonds. The first-order valence-corrected chi connectivity index (χ1v) is 8.88. The fourth-order valence-corrected chi connectivity index (χ4v) is 3.83. The second-order valence-corrected chi connectivity index (χ2v) is 7.01. The third-order valence-corrected chi connectivity index (χ3v) is 5.78. The molecule has 0 spiro atoms. The highest BCUT2D eigenvalue weighted by Gasteiger charge is 2.23. The predicted octanol–water partition coefficient (Wildman–Crippen LogP) is 3.92. The quantitative estimate of drug-likeness (QED) is 0.704. The lowest BCUT2D eigenvalue weighted by atomic mass is 10.1. The van der Waals surface area contributed by atoms with E-state index in [0.717, 1.165) is 27.4 Å². The van der Waals surface area contributed by atoms with Crippen LogP contribution in [0.5, 0.6) is 0 Å². The van der Waals surface area contributed by atoms with Gasteiger partial charge in [-0.05, 0) is 32.4 Å². The first kappa shape index (κ1) is 16.6. The van der Waals surface area contributed by atoms with E-state index in [1.54, 1.807) is 16.2 Å². The van der Waals surface area contributed by atoms with Gasteiger partial charge in [0.05, 0.1) is 23.2 Å². The summed E-state index contributed by atoms with van der Waals surface area (Å²) >= 11 is 1.68. The summed E-state index contributed by atoms with van der Waals surface area (Å²) in [6.45, 7) is 6.14. The number of aryl methyl sites for hydroxylation is 2. The molecule has 0 saturated carbocycles. The molecule has 24 heavy (non-hydrogen) atoms. The number of hydrogen-bond donors (Lipinski definition) is 0. The number of fused-ring (bicyclic) bond motifs is 1. The lowest BCUT2D eigenvalue weighted by molar-refractivity contribution is -0.131. The first-order chi connectivity index (χ1) is 11.5. The van der Waals surface area contributed by atoms with Crippen LogP contribution in [-0.4, -0.2) is 28.0 Å². The second kappa shape index (κ2) is 6.73. The number of likely N-dealkylation sites (N-methyl/N-ethyl adjacent to an activating group) is 1. The number of carbonyl (C=O) groups is 1. The van der Waals surface area contributed by atoms with Crippen LogP contribution in [0.3, 0.4) is 0 Å². The van der Waals surface area contributed by atoms with Gasteiger partial charge in [-0.3, -0.25) is 4.79 Å². The molecule has 5 nitrogen and oxygen atoms in total. The minimum absolute atomic E-state index is 0.00605. The van der Waals surface area contributed by atoms with E-state index in [1.807, 2.05) is 45.2 Å². The highest BCUT2D eigenvalue weighted by Crippen LogP contribution is 2.29. The van der Waals surface area contributed by atoms with Crippen LogP contribution in [0.2, 0.25) is 0 Å². The molecule has 2 aromatic heterocycles. The standard InChI is InChI=1S/C18H21N3O2S/c1-5-16-19-11(2)18(24-16)12(3)21(4)17(22)10-14-13-8-6-7-9-15(13)23-20-14/h6-9,12H,5,10H2,1-4H3. The maximum Gasteiger partial charge on any atom is 0.229 e. The number of hydrogen-bond acceptors (Lipinski definition) is 5. The summed E-state index contributed by atoms with van der Waals surface area (Å²) in [4.78, 5) is 20.2. The van der Waals surface area contributed by atoms with Gasteiger partial charge in [0.2, 0.25) is 5.91 Å². The Balaban J connectivity index is 1.77. The van der Waals surface area contributed by atoms with Crippen LogP contribution >= 0.6 is 11.3 Å². The molecule has 6 heteroatoms. The molecule has 0 fully saturated rings. The van der Waals surface area contributed by atoms with E-state index < -0.39 is 0 Å². The molecule has 3 aromatic rings. The summed E-state index contributed by atoms with van der Waals surface area (Å²) in [5, 5.41) is 6.06. The summed E-state index contributed by atoms with van der Waals surface area (Å²) in [7, 11) is 1.83. The molecule has 2 heterocycles. The number of amides is 1. The van der Waals surface area contributed by atoms with Gasteiger partial charge < -0.3 is 9.42 Å². The Hall–Kier alpha value is -2.21. The topological polar surface area (TPSA) is 59.2 Å². The normalized spacial score (nSPS) is 12.5. The number of benzene rings is 1. The zero-order valence-corrected chi connectivity index (χ0v) is 15.2. The van der Waals surface area contributed by atoms with Gasteiger partial charge in [-0.15, -0.1) is 11.3 Å². The van der Waals surface area contributed by atoms with Gasteiger partial charge in [-0.2, -0.15) is 0 Å². The molecule has 1 atom stereocenters. The van der Waals surface area contributed by atoms with Crippen molar-refractivity contribution < 1.29 is 9.32 Å². The molecule has 3 rings (SSSR count). The number of thiazole rings is 1. The van der Waals surface area contributed by atoms with Crippen molar-refractivity contribution in [2.45, 2.75) is 39.7 Å². The van der Waals surface area contributed by atoms with Crippen molar-refractivity contribution in [3.05, 3.63) is 45.5 Å². The molecular formula is C18H21N3O2S. The van der Waals surface area contributed by atoms with Gasteiger partial charge in [-0.25, -0.2) is 4.98 Å². The number of carbonyl (C=O) groups excluding carboxylic acids is 1. The van der Waals surface area contributed by atoms with Gasteiger partial charge in [0.15, 0.2) is 5.58 Å². The second-order valence-electron chi connectivity index (χ2n) is 5.89. The van der Waals surface area contributed by atoms with Crippen LogP contribution in [0.25, 0.3) is 11.0 Å². The van der Waals surface area contributed by atoms with Crippen LogP contribution in [0.15, 0.2) is 28.8 Å². The lowest BCUT2D eigenvalue weighted by Crippen LogP contribution is -2.31. The fourth-order valence-electron chi connectivity index (χ4n) is 2.73. The van der Waals surface area contributed by atoms with E-state index in [0.29, 0.717) is 11.3 Å². The number of nitrogens with zero attached hydrogens (tertiary/aromatic N) is 3. The first-order valence-electron chi connectivity index (χ1n) is 8.06. The summed E-state index contributed by atoms with van der Waals surface area (Å²) in [5.41, 5.74) is 2.41. The Morgan fingerprint density at radius 1 is 1.38 bits per heavy atom. The van der Waals surface area contributed by atoms with E-state index in [1.165, 1.54) is 0 Å². The minimum Gasteiger partial charge on any atom is -0.356 e. The third-order valence-electron chi connectivity index (χ3n) is 4.30. The summed E-state index contributed by atoms with van der Waals surface area (Å²) in [6.07, 6.45) is 1.15. The Kier molecular flexibility index (Phi) is 4.66. The van der Waals surface area contributed by atoms with Gasteiger partial charge >= 0.3 is 0 Å². The SMILES string of the molecule is CCc1nc(C)c(C(C)N(C)C(=O)Cc2noc3ccccc23)s1. The molecule has 0 saturated heterocycles. The van der Waals surface area contributed by atoms with E-state index in [9.17, 15) is 4.79 Å². The van der Waals surface area contributed by atoms with Gasteiger partial charge in [-0.1, -0.05) is 24.2 Å². The number of para-hydroxylation sites is 1. The average Bonchev–Trinajstić information content (AvgIpc) is 3.17. The zero-order valence-electron chi connectivity index (χ0n) is 14.4. The van der Waals surface area contributed by atoms with Gasteiger partial charge in [0, 0.05) is 17.3 Å². The highest BCUT2D eigenvalue weighted by atomic mass is 32.1. The van der Waals surface area contributed by atoms with Gasteiger partial charge in [0.25, 0.3) is 0 Å². The van der Waals surface area contributed by atoms with E-state index in [2.05, 4.69) is 17.1 Å². The summed E-state index contributed by atoms with van der Waals surface area (Å²) in [6, 6.07) is 7.60. The molecule has 126 valence electrons. The fraction of sp³-hybridized carbons (Fsp3) is 0.389. The van der Waals surface area contributed by atoms with Crippen molar-refractivity contribution in [1.29, 1.82) is 0 Å². The number of rotatable bonds is 5. The molecule has 0 aliphatic rings. The Morgan fingerprint density at radius 3 is 2.83 bits per heavy atom. The Bertz CT molecular complexity index is 868. The van der Waals surface area contributed by atoms with Crippen LogP contribution in [0, 0.1) is 6.92 Å². The summed E-state index contributed by atoms with van der Waals surface area (Å²) < 4.78 is 5.28. The van der Waals surface area contributed by atoms with Crippen molar-refractivity contribution in [3.63, 3.8) is 0 Å². The van der Waals surface area contributed by atoms with E-state index in [-0.39, 0.29) is 18.4 Å². The Morgan fingerprint density at radius 2 is 2.12 bits per heavy atom. The predicted molar refractivity (Wildman–Crippen MR) is 95.1 cm³/mol. The van der Waals surface area contributed by atoms with Crippen LogP contribution < -0.4 is 0 Å². The molecule has 0 bridgehead atoms. The lowest BCUT2D eigenvalue weighted by Gasteiger charge is -2.24. The molecular weight excluding hydrogens is 322 g/mol. The van der Waals surface area contributed by atoms with Crippen LogP contribution in [-0.2, 0) is 17.6 Å². The maximum atomic E-state index is 12.7.